The molecule has 4 aromatic rings. The molecule has 0 fully saturated rings. The first kappa shape index (κ1) is 15.5. The summed E-state index contributed by atoms with van der Waals surface area (Å²) in [6.45, 7) is 3.54. The summed E-state index contributed by atoms with van der Waals surface area (Å²) in [5, 5.41) is 8.73. The van der Waals surface area contributed by atoms with Gasteiger partial charge in [0.05, 0.1) is 5.39 Å². The summed E-state index contributed by atoms with van der Waals surface area (Å²) in [6, 6.07) is 6.77. The highest BCUT2D eigenvalue weighted by Gasteiger charge is 2.18. The zero-order valence-electron chi connectivity index (χ0n) is 13.4. The van der Waals surface area contributed by atoms with Crippen LogP contribution in [-0.2, 0) is 0 Å². The highest BCUT2D eigenvalue weighted by Crippen LogP contribution is 2.32. The molecule has 0 aromatic carbocycles. The fourth-order valence-corrected chi connectivity index (χ4v) is 2.91. The van der Waals surface area contributed by atoms with Gasteiger partial charge in [-0.2, -0.15) is 0 Å². The van der Waals surface area contributed by atoms with Gasteiger partial charge in [0.25, 0.3) is 5.89 Å². The minimum Gasteiger partial charge on any atom is -0.420 e. The maximum absolute atomic E-state index is 12.2. The van der Waals surface area contributed by atoms with E-state index in [1.165, 1.54) is 6.07 Å². The van der Waals surface area contributed by atoms with Crippen molar-refractivity contribution >= 4 is 22.6 Å². The molecule has 0 aliphatic heterocycles. The molecule has 25 heavy (non-hydrogen) atoms. The Hall–Kier alpha value is -3.06. The first-order valence-electron chi connectivity index (χ1n) is 7.49. The molecule has 0 radical (unpaired) electrons. The Morgan fingerprint density at radius 1 is 1.12 bits per heavy atom. The van der Waals surface area contributed by atoms with E-state index < -0.39 is 0 Å². The van der Waals surface area contributed by atoms with Gasteiger partial charge in [0.1, 0.15) is 16.5 Å². The summed E-state index contributed by atoms with van der Waals surface area (Å²) in [5.74, 6) is 0.693. The molecule has 0 bridgehead atoms. The van der Waals surface area contributed by atoms with Gasteiger partial charge in [-0.15, -0.1) is 10.2 Å². The van der Waals surface area contributed by atoms with E-state index in [0.29, 0.717) is 33.3 Å². The van der Waals surface area contributed by atoms with Gasteiger partial charge in [0.2, 0.25) is 5.89 Å². The van der Waals surface area contributed by atoms with Crippen molar-refractivity contribution in [1.29, 1.82) is 0 Å². The molecule has 8 heteroatoms. The van der Waals surface area contributed by atoms with Crippen molar-refractivity contribution < 1.29 is 4.42 Å². The fourth-order valence-electron chi connectivity index (χ4n) is 2.66. The van der Waals surface area contributed by atoms with Crippen molar-refractivity contribution in [3.8, 4) is 22.7 Å². The summed E-state index contributed by atoms with van der Waals surface area (Å²) < 4.78 is 5.55. The monoisotopic (exact) mass is 353 g/mol. The Kier molecular flexibility index (Phi) is 3.58. The van der Waals surface area contributed by atoms with Crippen molar-refractivity contribution in [2.24, 2.45) is 0 Å². The van der Waals surface area contributed by atoms with Crippen molar-refractivity contribution in [2.75, 3.05) is 0 Å². The third-order valence-electron chi connectivity index (χ3n) is 3.70. The third kappa shape index (κ3) is 2.78. The molecular formula is C17H12ClN5O2. The lowest BCUT2D eigenvalue weighted by atomic mass is 10.0. The molecule has 1 N–H and O–H groups in total. The minimum atomic E-state index is -0.132. The first-order chi connectivity index (χ1) is 12.0. The second-order valence-electron chi connectivity index (χ2n) is 5.57. The van der Waals surface area contributed by atoms with Crippen LogP contribution in [0.1, 0.15) is 11.6 Å². The molecule has 0 atom stereocenters. The molecule has 0 aliphatic carbocycles. The van der Waals surface area contributed by atoms with Gasteiger partial charge in [0.15, 0.2) is 5.43 Å². The predicted molar refractivity (Wildman–Crippen MR) is 93.4 cm³/mol. The summed E-state index contributed by atoms with van der Waals surface area (Å²) in [7, 11) is 0. The second-order valence-corrected chi connectivity index (χ2v) is 5.96. The van der Waals surface area contributed by atoms with Crippen molar-refractivity contribution in [2.45, 2.75) is 13.8 Å². The number of nitrogens with zero attached hydrogens (tertiary/aromatic N) is 4. The molecule has 4 rings (SSSR count). The largest absolute Gasteiger partial charge is 0.420 e. The molecule has 0 saturated carbocycles. The fraction of sp³-hybridized carbons (Fsp3) is 0.118. The van der Waals surface area contributed by atoms with Gasteiger partial charge >= 0.3 is 0 Å². The van der Waals surface area contributed by atoms with Crippen LogP contribution in [-0.4, -0.2) is 25.1 Å². The van der Waals surface area contributed by atoms with Crippen LogP contribution in [0.2, 0.25) is 5.15 Å². The van der Waals surface area contributed by atoms with Crippen LogP contribution < -0.4 is 5.43 Å². The van der Waals surface area contributed by atoms with E-state index in [1.54, 1.807) is 25.3 Å². The molecule has 124 valence electrons. The number of aryl methyl sites for hydroxylation is 2. The lowest BCUT2D eigenvalue weighted by molar-refractivity contribution is 0.531. The predicted octanol–water partition coefficient (Wildman–Crippen LogP) is 3.31. The molecule has 4 aromatic heterocycles. The average molecular weight is 354 g/mol. The SMILES string of the molecule is Cc1cc(-c2cc3c(=O)cc[nH]c3nc2-c2nnc(C)o2)cc(Cl)n1. The van der Waals surface area contributed by atoms with Crippen LogP contribution in [0.4, 0.5) is 0 Å². The van der Waals surface area contributed by atoms with Gasteiger partial charge in [-0.1, -0.05) is 11.6 Å². The summed E-state index contributed by atoms with van der Waals surface area (Å²) in [4.78, 5) is 23.9. The quantitative estimate of drug-likeness (QED) is 0.555. The summed E-state index contributed by atoms with van der Waals surface area (Å²) >= 11 is 6.10. The minimum absolute atomic E-state index is 0.132. The smallest absolute Gasteiger partial charge is 0.267 e. The Morgan fingerprint density at radius 2 is 1.96 bits per heavy atom. The number of fused-ring (bicyclic) bond motifs is 1. The highest BCUT2D eigenvalue weighted by atomic mass is 35.5. The van der Waals surface area contributed by atoms with Gasteiger partial charge in [-0.25, -0.2) is 9.97 Å². The van der Waals surface area contributed by atoms with Gasteiger partial charge in [-0.3, -0.25) is 4.79 Å². The molecule has 0 aliphatic rings. The Labute approximate surface area is 146 Å². The summed E-state index contributed by atoms with van der Waals surface area (Å²) in [5.41, 5.74) is 2.96. The number of halogens is 1. The lowest BCUT2D eigenvalue weighted by Gasteiger charge is -2.09. The van der Waals surface area contributed by atoms with E-state index in [4.69, 9.17) is 16.0 Å². The number of pyridine rings is 3. The van der Waals surface area contributed by atoms with Crippen LogP contribution in [0.25, 0.3) is 33.7 Å². The van der Waals surface area contributed by atoms with Crippen LogP contribution in [0, 0.1) is 13.8 Å². The first-order valence-corrected chi connectivity index (χ1v) is 7.86. The molecule has 0 spiro atoms. The van der Waals surface area contributed by atoms with Crippen LogP contribution in [0.3, 0.4) is 0 Å². The van der Waals surface area contributed by atoms with Crippen molar-refractivity contribution in [3.63, 3.8) is 0 Å². The number of rotatable bonds is 2. The molecule has 0 unspecified atom stereocenters. The highest BCUT2D eigenvalue weighted by molar-refractivity contribution is 6.29. The normalized spacial score (nSPS) is 11.2. The van der Waals surface area contributed by atoms with Crippen molar-refractivity contribution in [1.82, 2.24) is 25.1 Å². The molecule has 7 nitrogen and oxygen atoms in total. The topological polar surface area (TPSA) is 97.6 Å². The molecule has 0 amide bonds. The molecular weight excluding hydrogens is 342 g/mol. The van der Waals surface area contributed by atoms with E-state index in [9.17, 15) is 4.79 Å². The van der Waals surface area contributed by atoms with Gasteiger partial charge in [0, 0.05) is 30.4 Å². The average Bonchev–Trinajstić information content (AvgIpc) is 2.99. The molecule has 0 saturated heterocycles. The number of hydrogen-bond acceptors (Lipinski definition) is 6. The zero-order chi connectivity index (χ0) is 17.6. The lowest BCUT2D eigenvalue weighted by Crippen LogP contribution is -2.03. The van der Waals surface area contributed by atoms with E-state index in [-0.39, 0.29) is 11.3 Å². The van der Waals surface area contributed by atoms with Crippen LogP contribution in [0.5, 0.6) is 0 Å². The van der Waals surface area contributed by atoms with Crippen LogP contribution >= 0.6 is 11.6 Å². The maximum Gasteiger partial charge on any atom is 0.267 e. The number of nitrogens with one attached hydrogen (secondary N) is 1. The maximum atomic E-state index is 12.2. The van der Waals surface area contributed by atoms with E-state index in [1.807, 2.05) is 13.0 Å². The third-order valence-corrected chi connectivity index (χ3v) is 3.90. The zero-order valence-corrected chi connectivity index (χ0v) is 14.1. The number of aromatic amines is 1. The Morgan fingerprint density at radius 3 is 2.68 bits per heavy atom. The van der Waals surface area contributed by atoms with E-state index in [2.05, 4.69) is 25.1 Å². The van der Waals surface area contributed by atoms with E-state index >= 15 is 0 Å². The van der Waals surface area contributed by atoms with E-state index in [0.717, 1.165) is 11.3 Å². The van der Waals surface area contributed by atoms with Crippen molar-refractivity contribution in [3.05, 3.63) is 57.4 Å². The number of aromatic nitrogens is 5. The standard InChI is InChI=1S/C17H12ClN5O2/c1-8-5-10(6-14(18)20-8)11-7-12-13(24)3-4-19-16(12)21-15(11)17-23-22-9(2)25-17/h3-7H,1-2H3,(H,19,21,24). The van der Waals surface area contributed by atoms with Gasteiger partial charge < -0.3 is 9.40 Å². The second kappa shape index (κ2) is 5.78. The summed E-state index contributed by atoms with van der Waals surface area (Å²) in [6.07, 6.45) is 1.55. The number of H-pyrrole nitrogens is 1. The Bertz CT molecular complexity index is 1150. The van der Waals surface area contributed by atoms with Crippen LogP contribution in [0.15, 0.2) is 39.7 Å². The Balaban J connectivity index is 2.09. The number of hydrogen-bond donors (Lipinski definition) is 1. The molecule has 4 heterocycles. The van der Waals surface area contributed by atoms with Gasteiger partial charge in [-0.05, 0) is 30.7 Å².